The van der Waals surface area contributed by atoms with Gasteiger partial charge in [-0.3, -0.25) is 10.1 Å². The van der Waals surface area contributed by atoms with Crippen molar-refractivity contribution in [1.82, 2.24) is 0 Å². The number of aliphatic hydroxyl groups is 2. The molecule has 0 bridgehead atoms. The molecule has 106 valence electrons. The summed E-state index contributed by atoms with van der Waals surface area (Å²) >= 11 is 0. The van der Waals surface area contributed by atoms with Gasteiger partial charge in [-0.15, -0.1) is 0 Å². The first-order valence-corrected chi connectivity index (χ1v) is 5.98. The molecule has 0 fully saturated rings. The van der Waals surface area contributed by atoms with Gasteiger partial charge in [0.25, 0.3) is 5.69 Å². The minimum Gasteiger partial charge on any atom is -0.493 e. The molecule has 4 N–H and O–H groups in total. The Morgan fingerprint density at radius 3 is 2.68 bits per heavy atom. The highest BCUT2D eigenvalue weighted by molar-refractivity contribution is 5.45. The summed E-state index contributed by atoms with van der Waals surface area (Å²) < 4.78 is 5.30. The number of hydrogen-bond donors (Lipinski definition) is 3. The second-order valence-electron chi connectivity index (χ2n) is 4.00. The number of nitro groups is 1. The highest BCUT2D eigenvalue weighted by atomic mass is 16.6. The van der Waals surface area contributed by atoms with Crippen molar-refractivity contribution in [2.75, 3.05) is 13.2 Å². The summed E-state index contributed by atoms with van der Waals surface area (Å²) in [6.07, 6.45) is -2.17. The predicted octanol–water partition coefficient (Wildman–Crippen LogP) is 0.737. The average molecular weight is 270 g/mol. The van der Waals surface area contributed by atoms with Crippen LogP contribution in [0.1, 0.15) is 25.0 Å². The highest BCUT2D eigenvalue weighted by Crippen LogP contribution is 2.31. The third kappa shape index (κ3) is 3.88. The third-order valence-corrected chi connectivity index (χ3v) is 2.65. The Morgan fingerprint density at radius 1 is 1.47 bits per heavy atom. The fourth-order valence-electron chi connectivity index (χ4n) is 1.70. The fraction of sp³-hybridized carbons (Fsp3) is 0.500. The first-order chi connectivity index (χ1) is 9.01. The van der Waals surface area contributed by atoms with Crippen molar-refractivity contribution in [3.63, 3.8) is 0 Å². The molecule has 0 aliphatic heterocycles. The van der Waals surface area contributed by atoms with Crippen molar-refractivity contribution in [2.45, 2.75) is 25.6 Å². The van der Waals surface area contributed by atoms with Crippen LogP contribution in [-0.2, 0) is 0 Å². The van der Waals surface area contributed by atoms with E-state index in [0.717, 1.165) is 0 Å². The maximum atomic E-state index is 10.7. The zero-order valence-corrected chi connectivity index (χ0v) is 10.7. The molecule has 0 aromatic heterocycles. The summed E-state index contributed by atoms with van der Waals surface area (Å²) in [5, 5.41) is 30.5. The summed E-state index contributed by atoms with van der Waals surface area (Å²) in [5.41, 5.74) is 5.33. The van der Waals surface area contributed by atoms with Gasteiger partial charge in [0.15, 0.2) is 0 Å². The Hall–Kier alpha value is -1.70. The first kappa shape index (κ1) is 15.4. The van der Waals surface area contributed by atoms with Crippen LogP contribution in [0.4, 0.5) is 5.69 Å². The van der Waals surface area contributed by atoms with Crippen molar-refractivity contribution in [1.29, 1.82) is 0 Å². The maximum Gasteiger partial charge on any atom is 0.270 e. The van der Waals surface area contributed by atoms with Gasteiger partial charge < -0.3 is 20.7 Å². The molecule has 19 heavy (non-hydrogen) atoms. The Bertz CT molecular complexity index is 438. The van der Waals surface area contributed by atoms with Crippen molar-refractivity contribution < 1.29 is 19.9 Å². The van der Waals surface area contributed by atoms with Crippen LogP contribution in [0.5, 0.6) is 5.75 Å². The number of rotatable bonds is 7. The molecule has 1 rings (SSSR count). The van der Waals surface area contributed by atoms with Gasteiger partial charge in [0, 0.05) is 17.7 Å². The molecule has 1 aromatic rings. The fourth-order valence-corrected chi connectivity index (χ4v) is 1.70. The highest BCUT2D eigenvalue weighted by Gasteiger charge is 2.23. The molecular formula is C12H18N2O5. The molecule has 2 atom stereocenters. The number of ether oxygens (including phenoxy) is 1. The van der Waals surface area contributed by atoms with Crippen LogP contribution in [0.3, 0.4) is 0 Å². The zero-order valence-electron chi connectivity index (χ0n) is 10.7. The summed E-state index contributed by atoms with van der Waals surface area (Å²) in [4.78, 5) is 10.2. The number of aliphatic hydroxyl groups excluding tert-OH is 2. The average Bonchev–Trinajstić information content (AvgIpc) is 2.38. The number of nitrogens with zero attached hydrogens (tertiary/aromatic N) is 1. The SMILES string of the molecule is CCOc1ccc([N+](=O)[O-])cc1C(O)C(O)CCN. The minimum absolute atomic E-state index is 0.169. The molecule has 0 spiro atoms. The Morgan fingerprint density at radius 2 is 2.16 bits per heavy atom. The Balaban J connectivity index is 3.12. The molecule has 0 aliphatic rings. The van der Waals surface area contributed by atoms with Gasteiger partial charge >= 0.3 is 0 Å². The molecule has 0 amide bonds. The summed E-state index contributed by atoms with van der Waals surface area (Å²) in [6, 6.07) is 3.90. The molecule has 2 unspecified atom stereocenters. The maximum absolute atomic E-state index is 10.7. The lowest BCUT2D eigenvalue weighted by Gasteiger charge is -2.20. The number of non-ortho nitro benzene ring substituents is 1. The monoisotopic (exact) mass is 270 g/mol. The molecule has 0 aliphatic carbocycles. The smallest absolute Gasteiger partial charge is 0.270 e. The molecule has 7 nitrogen and oxygen atoms in total. The van der Waals surface area contributed by atoms with Crippen LogP contribution < -0.4 is 10.5 Å². The van der Waals surface area contributed by atoms with E-state index in [2.05, 4.69) is 0 Å². The van der Waals surface area contributed by atoms with Crippen LogP contribution in [-0.4, -0.2) is 34.4 Å². The van der Waals surface area contributed by atoms with Gasteiger partial charge in [-0.1, -0.05) is 0 Å². The number of nitro benzene ring substituents is 1. The molecule has 0 saturated heterocycles. The van der Waals surface area contributed by atoms with Crippen LogP contribution in [0.2, 0.25) is 0 Å². The second kappa shape index (κ2) is 7.03. The summed E-state index contributed by atoms with van der Waals surface area (Å²) in [5.74, 6) is 0.316. The van der Waals surface area contributed by atoms with Gasteiger partial charge in [0.05, 0.1) is 17.6 Å². The molecule has 0 saturated carbocycles. The lowest BCUT2D eigenvalue weighted by atomic mass is 10.0. The first-order valence-electron chi connectivity index (χ1n) is 5.98. The predicted molar refractivity (Wildman–Crippen MR) is 68.9 cm³/mol. The van der Waals surface area contributed by atoms with Gasteiger partial charge in [0.1, 0.15) is 11.9 Å². The van der Waals surface area contributed by atoms with E-state index in [1.165, 1.54) is 18.2 Å². The zero-order chi connectivity index (χ0) is 14.4. The summed E-state index contributed by atoms with van der Waals surface area (Å²) in [7, 11) is 0. The van der Waals surface area contributed by atoms with Gasteiger partial charge in [-0.25, -0.2) is 0 Å². The second-order valence-corrected chi connectivity index (χ2v) is 4.00. The normalized spacial score (nSPS) is 13.9. The van der Waals surface area contributed by atoms with Crippen LogP contribution in [0, 0.1) is 10.1 Å². The molecule has 1 aromatic carbocycles. The Kier molecular flexibility index (Phi) is 5.68. The lowest BCUT2D eigenvalue weighted by molar-refractivity contribution is -0.385. The topological polar surface area (TPSA) is 119 Å². The molecule has 0 heterocycles. The largest absolute Gasteiger partial charge is 0.493 e. The van der Waals surface area contributed by atoms with Crippen molar-refractivity contribution >= 4 is 5.69 Å². The van der Waals surface area contributed by atoms with Crippen molar-refractivity contribution in [3.05, 3.63) is 33.9 Å². The van der Waals surface area contributed by atoms with Crippen LogP contribution in [0.15, 0.2) is 18.2 Å². The van der Waals surface area contributed by atoms with Crippen LogP contribution in [0.25, 0.3) is 0 Å². The molecule has 0 radical (unpaired) electrons. The molecule has 7 heteroatoms. The quantitative estimate of drug-likeness (QED) is 0.496. The van der Waals surface area contributed by atoms with E-state index in [-0.39, 0.29) is 24.2 Å². The third-order valence-electron chi connectivity index (χ3n) is 2.65. The van der Waals surface area contributed by atoms with Crippen molar-refractivity contribution in [2.24, 2.45) is 5.73 Å². The van der Waals surface area contributed by atoms with E-state index in [9.17, 15) is 20.3 Å². The minimum atomic E-state index is -1.27. The van der Waals surface area contributed by atoms with Gasteiger partial charge in [-0.2, -0.15) is 0 Å². The Labute approximate surface area is 110 Å². The van der Waals surface area contributed by atoms with Crippen LogP contribution >= 0.6 is 0 Å². The van der Waals surface area contributed by atoms with E-state index in [0.29, 0.717) is 12.4 Å². The number of benzene rings is 1. The summed E-state index contributed by atoms with van der Waals surface area (Å²) in [6.45, 7) is 2.32. The van der Waals surface area contributed by atoms with E-state index in [1.807, 2.05) is 0 Å². The molecular weight excluding hydrogens is 252 g/mol. The number of hydrogen-bond acceptors (Lipinski definition) is 6. The van der Waals surface area contributed by atoms with E-state index in [4.69, 9.17) is 10.5 Å². The standard InChI is InChI=1S/C12H18N2O5/c1-2-19-11-4-3-8(14(17)18)7-9(11)12(16)10(15)5-6-13/h3-4,7,10,12,15-16H,2,5-6,13H2,1H3. The van der Waals surface area contributed by atoms with E-state index in [1.54, 1.807) is 6.92 Å². The van der Waals surface area contributed by atoms with Gasteiger partial charge in [-0.05, 0) is 26.0 Å². The number of nitrogens with two attached hydrogens (primary N) is 1. The van der Waals surface area contributed by atoms with E-state index < -0.39 is 17.1 Å². The lowest BCUT2D eigenvalue weighted by Crippen LogP contribution is -2.22. The van der Waals surface area contributed by atoms with Crippen molar-refractivity contribution in [3.8, 4) is 5.75 Å². The van der Waals surface area contributed by atoms with Gasteiger partial charge in [0.2, 0.25) is 0 Å². The van der Waals surface area contributed by atoms with E-state index >= 15 is 0 Å².